The van der Waals surface area contributed by atoms with Gasteiger partial charge in [-0.25, -0.2) is 23.3 Å². The van der Waals surface area contributed by atoms with Gasteiger partial charge in [-0.05, 0) is 39.7 Å². The van der Waals surface area contributed by atoms with Crippen LogP contribution in [0.5, 0.6) is 0 Å². The molecule has 1 aliphatic rings. The van der Waals surface area contributed by atoms with Crippen molar-refractivity contribution in [3.8, 4) is 11.8 Å². The summed E-state index contributed by atoms with van der Waals surface area (Å²) in [4.78, 5) is 16.2. The number of anilines is 1. The Kier molecular flexibility index (Phi) is 5.97. The second-order valence-corrected chi connectivity index (χ2v) is 10.7. The van der Waals surface area contributed by atoms with E-state index >= 15 is 0 Å². The first-order valence-corrected chi connectivity index (χ1v) is 11.3. The van der Waals surface area contributed by atoms with Crippen LogP contribution in [0.3, 0.4) is 0 Å². The highest BCUT2D eigenvalue weighted by molar-refractivity contribution is 7.88. The number of thiophene rings is 1. The summed E-state index contributed by atoms with van der Waals surface area (Å²) in [6.07, 6.45) is 2.25. The van der Waals surface area contributed by atoms with E-state index < -0.39 is 16.0 Å². The lowest BCUT2D eigenvalue weighted by atomic mass is 9.98. The topological polar surface area (TPSA) is 128 Å². The van der Waals surface area contributed by atoms with Crippen molar-refractivity contribution in [2.75, 3.05) is 18.4 Å². The predicted octanol–water partition coefficient (Wildman–Crippen LogP) is 2.23. The summed E-state index contributed by atoms with van der Waals surface area (Å²) in [7, 11) is -3.69. The van der Waals surface area contributed by atoms with Crippen LogP contribution in [0.25, 0.3) is 0 Å². The van der Waals surface area contributed by atoms with Gasteiger partial charge in [-0.2, -0.15) is 9.40 Å². The zero-order valence-corrected chi connectivity index (χ0v) is 18.0. The number of rotatable bonds is 5. The molecule has 1 aliphatic heterocycles. The van der Waals surface area contributed by atoms with E-state index in [2.05, 4.69) is 32.3 Å². The molecule has 0 unspecified atom stereocenters. The maximum absolute atomic E-state index is 12.5. The number of carbonyl (C=O) groups is 1. The third kappa shape index (κ3) is 5.14. The quantitative estimate of drug-likeness (QED) is 0.612. The Labute approximate surface area is 173 Å². The average molecular weight is 438 g/mol. The van der Waals surface area contributed by atoms with Crippen molar-refractivity contribution in [2.45, 2.75) is 44.8 Å². The van der Waals surface area contributed by atoms with E-state index in [-0.39, 0.29) is 21.5 Å². The van der Waals surface area contributed by atoms with Gasteiger partial charge in [0.25, 0.3) is 15.2 Å². The van der Waals surface area contributed by atoms with Crippen LogP contribution >= 0.6 is 11.3 Å². The molecule has 3 N–H and O–H groups in total. The molecule has 0 aromatic carbocycles. The van der Waals surface area contributed by atoms with Crippen LogP contribution in [-0.4, -0.2) is 58.1 Å². The van der Waals surface area contributed by atoms with Crippen LogP contribution in [0.4, 0.5) is 5.69 Å². The normalized spacial score (nSPS) is 16.2. The summed E-state index contributed by atoms with van der Waals surface area (Å²) in [6, 6.07) is 1.72. The van der Waals surface area contributed by atoms with Gasteiger partial charge in [-0.1, -0.05) is 11.8 Å². The number of piperidine rings is 1. The second-order valence-electron chi connectivity index (χ2n) is 7.77. The van der Waals surface area contributed by atoms with Gasteiger partial charge in [0.05, 0.1) is 10.6 Å². The molecule has 156 valence electrons. The third-order valence-corrected chi connectivity index (χ3v) is 7.05. The van der Waals surface area contributed by atoms with Crippen molar-refractivity contribution in [3.63, 3.8) is 0 Å². The fraction of sp³-hybridized carbons (Fsp3) is 0.500. The molecule has 1 fully saturated rings. The van der Waals surface area contributed by atoms with E-state index in [1.807, 2.05) is 20.8 Å². The largest absolute Gasteiger partial charge is 0.477 e. The first kappa shape index (κ1) is 21.3. The number of carboxylic acids is 1. The Morgan fingerprint density at radius 1 is 1.38 bits per heavy atom. The van der Waals surface area contributed by atoms with Gasteiger partial charge in [-0.15, -0.1) is 11.3 Å². The van der Waals surface area contributed by atoms with Crippen LogP contribution in [0.1, 0.15) is 48.2 Å². The van der Waals surface area contributed by atoms with E-state index in [9.17, 15) is 18.3 Å². The van der Waals surface area contributed by atoms with Crippen LogP contribution in [-0.2, 0) is 10.0 Å². The Hall–Kier alpha value is -2.42. The fourth-order valence-corrected chi connectivity index (χ4v) is 4.97. The van der Waals surface area contributed by atoms with E-state index in [0.29, 0.717) is 36.5 Å². The number of aromatic amines is 1. The number of hydrogen-bond acceptors (Lipinski definition) is 7. The minimum atomic E-state index is -3.69. The van der Waals surface area contributed by atoms with Gasteiger partial charge in [-0.3, -0.25) is 0 Å². The van der Waals surface area contributed by atoms with Crippen molar-refractivity contribution in [1.29, 1.82) is 0 Å². The van der Waals surface area contributed by atoms with Gasteiger partial charge < -0.3 is 10.4 Å². The highest BCUT2D eigenvalue weighted by Crippen LogP contribution is 2.30. The van der Waals surface area contributed by atoms with E-state index in [4.69, 9.17) is 0 Å². The Balaban J connectivity index is 1.69. The molecule has 0 spiro atoms. The summed E-state index contributed by atoms with van der Waals surface area (Å²) in [5.74, 6) is 5.14. The molecule has 1 saturated heterocycles. The molecule has 0 aliphatic carbocycles. The lowest BCUT2D eigenvalue weighted by Crippen LogP contribution is -2.42. The van der Waals surface area contributed by atoms with Crippen LogP contribution in [0.2, 0.25) is 0 Å². The van der Waals surface area contributed by atoms with Crippen molar-refractivity contribution in [2.24, 2.45) is 5.41 Å². The van der Waals surface area contributed by atoms with Crippen molar-refractivity contribution in [1.82, 2.24) is 19.5 Å². The van der Waals surface area contributed by atoms with Gasteiger partial charge in [0.15, 0.2) is 0 Å². The summed E-state index contributed by atoms with van der Waals surface area (Å²) in [5, 5.41) is 18.6. The monoisotopic (exact) mass is 437 g/mol. The maximum Gasteiger partial charge on any atom is 0.348 e. The number of sulfonamides is 1. The summed E-state index contributed by atoms with van der Waals surface area (Å²) in [6.45, 7) is 6.59. The molecule has 2 aromatic heterocycles. The summed E-state index contributed by atoms with van der Waals surface area (Å²) >= 11 is 1.14. The SMILES string of the molecule is CC(C)(C)C#Cc1cc(NC2CCN(S(=O)(=O)c3ncn[nH]3)CC2)c(C(=O)O)s1. The van der Waals surface area contributed by atoms with E-state index in [0.717, 1.165) is 17.7 Å². The molecule has 29 heavy (non-hydrogen) atoms. The third-order valence-electron chi connectivity index (χ3n) is 4.28. The molecule has 9 nitrogen and oxygen atoms in total. The smallest absolute Gasteiger partial charge is 0.348 e. The number of nitrogens with zero attached hydrogens (tertiary/aromatic N) is 3. The molecule has 2 aromatic rings. The molecule has 0 radical (unpaired) electrons. The van der Waals surface area contributed by atoms with E-state index in [1.165, 1.54) is 4.31 Å². The Morgan fingerprint density at radius 2 is 2.07 bits per heavy atom. The van der Waals surface area contributed by atoms with Gasteiger partial charge in [0, 0.05) is 24.5 Å². The lowest BCUT2D eigenvalue weighted by Gasteiger charge is -2.31. The Morgan fingerprint density at radius 3 is 2.62 bits per heavy atom. The zero-order valence-electron chi connectivity index (χ0n) is 16.4. The van der Waals surface area contributed by atoms with Gasteiger partial charge in [0.2, 0.25) is 0 Å². The first-order valence-electron chi connectivity index (χ1n) is 9.08. The minimum absolute atomic E-state index is 0.0349. The summed E-state index contributed by atoms with van der Waals surface area (Å²) < 4.78 is 26.3. The standard InChI is InChI=1S/C18H23N5O4S2/c1-18(2,3)7-4-13-10-14(15(28-13)16(24)25)21-12-5-8-23(9-6-12)29(26,27)17-19-11-20-22-17/h10-12,21H,5-6,8-9H2,1-3H3,(H,24,25)(H,19,20,22). The second kappa shape index (κ2) is 8.14. The molecule has 11 heteroatoms. The number of nitrogens with one attached hydrogen (secondary N) is 2. The molecule has 0 atom stereocenters. The molecular formula is C18H23N5O4S2. The highest BCUT2D eigenvalue weighted by Gasteiger charge is 2.32. The predicted molar refractivity (Wildman–Crippen MR) is 109 cm³/mol. The van der Waals surface area contributed by atoms with Crippen LogP contribution < -0.4 is 5.32 Å². The molecule has 0 amide bonds. The number of carboxylic acid groups (broad SMARTS) is 1. The molecule has 0 saturated carbocycles. The van der Waals surface area contributed by atoms with Crippen molar-refractivity contribution >= 4 is 33.0 Å². The fourth-order valence-electron chi connectivity index (χ4n) is 2.87. The molecule has 0 bridgehead atoms. The van der Waals surface area contributed by atoms with Crippen molar-refractivity contribution < 1.29 is 18.3 Å². The lowest BCUT2D eigenvalue weighted by molar-refractivity contribution is 0.0703. The number of aromatic carboxylic acids is 1. The zero-order chi connectivity index (χ0) is 21.2. The molecule has 3 rings (SSSR count). The molecular weight excluding hydrogens is 414 g/mol. The number of H-pyrrole nitrogens is 1. The van der Waals surface area contributed by atoms with Crippen LogP contribution in [0, 0.1) is 17.3 Å². The maximum atomic E-state index is 12.5. The molecule has 3 heterocycles. The summed E-state index contributed by atoms with van der Waals surface area (Å²) in [5.41, 5.74) is 0.347. The van der Waals surface area contributed by atoms with Gasteiger partial charge >= 0.3 is 5.97 Å². The van der Waals surface area contributed by atoms with Gasteiger partial charge in [0.1, 0.15) is 11.2 Å². The first-order chi connectivity index (χ1) is 13.6. The highest BCUT2D eigenvalue weighted by atomic mass is 32.2. The Bertz CT molecular complexity index is 1030. The van der Waals surface area contributed by atoms with Crippen LogP contribution in [0.15, 0.2) is 17.6 Å². The van der Waals surface area contributed by atoms with Crippen molar-refractivity contribution in [3.05, 3.63) is 22.1 Å². The minimum Gasteiger partial charge on any atom is -0.477 e. The number of hydrogen-bond donors (Lipinski definition) is 3. The number of aromatic nitrogens is 3. The van der Waals surface area contributed by atoms with E-state index in [1.54, 1.807) is 6.07 Å². The average Bonchev–Trinajstić information content (AvgIpc) is 3.30.